The maximum absolute atomic E-state index is 11.6. The Kier molecular flexibility index (Phi) is 5.59. The van der Waals surface area contributed by atoms with Crippen molar-refractivity contribution in [2.75, 3.05) is 0 Å². The van der Waals surface area contributed by atoms with Crippen molar-refractivity contribution in [3.05, 3.63) is 100 Å². The number of rotatable bonds is 3. The molecule has 0 aliphatic carbocycles. The molecule has 4 aromatic carbocycles. The highest BCUT2D eigenvalue weighted by atomic mass is 16.5. The largest absolute Gasteiger partial charge is 0.508 e. The van der Waals surface area contributed by atoms with E-state index in [1.165, 1.54) is 48.5 Å². The van der Waals surface area contributed by atoms with E-state index in [9.17, 15) is 40.9 Å². The van der Waals surface area contributed by atoms with Crippen LogP contribution in [0.4, 0.5) is 0 Å². The molecule has 4 aromatic rings. The molecular weight excluding hydrogens is 520 g/mol. The molecular formula is C30H24O10. The van der Waals surface area contributed by atoms with E-state index in [0.29, 0.717) is 5.56 Å². The van der Waals surface area contributed by atoms with Crippen molar-refractivity contribution in [3.63, 3.8) is 0 Å². The van der Waals surface area contributed by atoms with Gasteiger partial charge in [-0.2, -0.15) is 0 Å². The molecule has 204 valence electrons. The Morgan fingerprint density at radius 3 is 2.02 bits per heavy atom. The maximum Gasteiger partial charge on any atom is 0.222 e. The zero-order valence-corrected chi connectivity index (χ0v) is 20.7. The number of phenols is 6. The minimum Gasteiger partial charge on any atom is -0.508 e. The molecule has 6 rings (SSSR count). The highest BCUT2D eigenvalue weighted by Crippen LogP contribution is 2.57. The van der Waals surface area contributed by atoms with Crippen molar-refractivity contribution >= 4 is 6.08 Å². The van der Waals surface area contributed by atoms with Gasteiger partial charge in [-0.3, -0.25) is 0 Å². The first-order valence-corrected chi connectivity index (χ1v) is 12.3. The van der Waals surface area contributed by atoms with Crippen molar-refractivity contribution in [1.29, 1.82) is 0 Å². The second-order valence-corrected chi connectivity index (χ2v) is 9.74. The lowest BCUT2D eigenvalue weighted by atomic mass is 9.78. The summed E-state index contributed by atoms with van der Waals surface area (Å²) < 4.78 is 12.6. The fourth-order valence-corrected chi connectivity index (χ4v) is 5.32. The van der Waals surface area contributed by atoms with E-state index in [4.69, 9.17) is 9.47 Å². The molecule has 0 aromatic heterocycles. The van der Waals surface area contributed by atoms with Gasteiger partial charge >= 0.3 is 0 Å². The van der Waals surface area contributed by atoms with Crippen LogP contribution >= 0.6 is 0 Å². The van der Waals surface area contributed by atoms with Crippen LogP contribution in [0.1, 0.15) is 33.9 Å². The maximum atomic E-state index is 11.6. The standard InChI is InChI=1S/C30H24O10/c31-16-5-1-14(2-6-16)28-24(37)11-20-22(35)13-23(36)27(29(20)39-28)30(15-3-7-17(32)8-4-15)26(38)12-19-21(34)9-18(33)10-25(19)40-30/h1-10,12-13,24,28,31-38H,11H2/t24-,28+,30+/m1/s1. The predicted molar refractivity (Wildman–Crippen MR) is 141 cm³/mol. The zero-order valence-electron chi connectivity index (χ0n) is 20.7. The van der Waals surface area contributed by atoms with Crippen LogP contribution < -0.4 is 9.47 Å². The Labute approximate surface area is 227 Å². The van der Waals surface area contributed by atoms with Crippen molar-refractivity contribution in [3.8, 4) is 46.0 Å². The van der Waals surface area contributed by atoms with Gasteiger partial charge in [-0.15, -0.1) is 0 Å². The zero-order chi connectivity index (χ0) is 28.3. The number of aliphatic hydroxyl groups is 2. The van der Waals surface area contributed by atoms with Gasteiger partial charge < -0.3 is 50.3 Å². The van der Waals surface area contributed by atoms with Gasteiger partial charge in [-0.25, -0.2) is 0 Å². The van der Waals surface area contributed by atoms with Gasteiger partial charge in [0.1, 0.15) is 57.9 Å². The number of benzene rings is 4. The summed E-state index contributed by atoms with van der Waals surface area (Å²) in [5.41, 5.74) is -1.29. The Morgan fingerprint density at radius 2 is 1.35 bits per heavy atom. The van der Waals surface area contributed by atoms with Gasteiger partial charge in [-0.05, 0) is 35.9 Å². The van der Waals surface area contributed by atoms with Crippen LogP contribution in [0.15, 0.2) is 72.5 Å². The molecule has 0 amide bonds. The molecule has 0 unspecified atom stereocenters. The lowest BCUT2D eigenvalue weighted by molar-refractivity contribution is 0.0138. The third-order valence-corrected chi connectivity index (χ3v) is 7.20. The predicted octanol–water partition coefficient (Wildman–Crippen LogP) is 4.19. The van der Waals surface area contributed by atoms with E-state index in [1.54, 1.807) is 12.1 Å². The molecule has 2 aliphatic heterocycles. The van der Waals surface area contributed by atoms with Crippen molar-refractivity contribution in [1.82, 2.24) is 0 Å². The molecule has 10 nitrogen and oxygen atoms in total. The number of hydrogen-bond acceptors (Lipinski definition) is 10. The number of hydrogen-bond donors (Lipinski definition) is 8. The Hall–Kier alpha value is -5.22. The van der Waals surface area contributed by atoms with Gasteiger partial charge in [0, 0.05) is 35.7 Å². The van der Waals surface area contributed by atoms with Crippen molar-refractivity contribution < 1.29 is 50.3 Å². The molecule has 40 heavy (non-hydrogen) atoms. The molecule has 3 atom stereocenters. The van der Waals surface area contributed by atoms with E-state index in [1.807, 2.05) is 0 Å². The Morgan fingerprint density at radius 1 is 0.700 bits per heavy atom. The Balaban J connectivity index is 1.63. The third kappa shape index (κ3) is 3.76. The lowest BCUT2D eigenvalue weighted by Gasteiger charge is -2.41. The van der Waals surface area contributed by atoms with Gasteiger partial charge in [0.25, 0.3) is 0 Å². The van der Waals surface area contributed by atoms with E-state index in [0.717, 1.165) is 12.1 Å². The average molecular weight is 545 g/mol. The second kappa shape index (κ2) is 8.92. The van der Waals surface area contributed by atoms with E-state index in [2.05, 4.69) is 0 Å². The molecule has 8 N–H and O–H groups in total. The van der Waals surface area contributed by atoms with E-state index < -0.39 is 29.3 Å². The number of aliphatic hydroxyl groups excluding tert-OH is 2. The smallest absolute Gasteiger partial charge is 0.222 e. The summed E-state index contributed by atoms with van der Waals surface area (Å²) in [6.07, 6.45) is -1.02. The van der Waals surface area contributed by atoms with Crippen LogP contribution in [0.5, 0.6) is 46.0 Å². The highest BCUT2D eigenvalue weighted by molar-refractivity contribution is 5.75. The molecule has 0 saturated carbocycles. The first-order valence-electron chi connectivity index (χ1n) is 12.3. The van der Waals surface area contributed by atoms with Gasteiger partial charge in [0.2, 0.25) is 5.60 Å². The lowest BCUT2D eigenvalue weighted by Crippen LogP contribution is -2.41. The van der Waals surface area contributed by atoms with Crippen LogP contribution in [0.25, 0.3) is 6.08 Å². The first-order chi connectivity index (χ1) is 19.1. The minimum atomic E-state index is -2.06. The summed E-state index contributed by atoms with van der Waals surface area (Å²) in [5, 5.41) is 84.9. The van der Waals surface area contributed by atoms with Crippen LogP contribution in [0.2, 0.25) is 0 Å². The SMILES string of the molecule is OC1=Cc2c(O)cc(O)cc2O[C@]1(c1ccc(O)cc1)c1c(O)cc(O)c2c1O[C@@H](c1ccc(O)cc1)[C@H](O)C2. The summed E-state index contributed by atoms with van der Waals surface area (Å²) in [7, 11) is 0. The second-order valence-electron chi connectivity index (χ2n) is 9.74. The fourth-order valence-electron chi connectivity index (χ4n) is 5.32. The average Bonchev–Trinajstić information content (AvgIpc) is 2.90. The van der Waals surface area contributed by atoms with Crippen LogP contribution in [-0.4, -0.2) is 47.0 Å². The molecule has 0 radical (unpaired) electrons. The summed E-state index contributed by atoms with van der Waals surface area (Å²) in [6.45, 7) is 0. The van der Waals surface area contributed by atoms with Gasteiger partial charge in [0.05, 0.1) is 17.2 Å². The van der Waals surface area contributed by atoms with Crippen LogP contribution in [0.3, 0.4) is 0 Å². The summed E-state index contributed by atoms with van der Waals surface area (Å²) >= 11 is 0. The number of fused-ring (bicyclic) bond motifs is 2. The number of aromatic hydroxyl groups is 6. The molecule has 0 fully saturated rings. The summed E-state index contributed by atoms with van der Waals surface area (Å²) in [4.78, 5) is 0. The molecule has 0 spiro atoms. The van der Waals surface area contributed by atoms with Crippen LogP contribution in [0, 0.1) is 0 Å². The normalized spacial score (nSPS) is 21.4. The molecule has 10 heteroatoms. The summed E-state index contributed by atoms with van der Waals surface area (Å²) in [5.74, 6) is -2.29. The van der Waals surface area contributed by atoms with E-state index >= 15 is 0 Å². The van der Waals surface area contributed by atoms with Crippen molar-refractivity contribution in [2.24, 2.45) is 0 Å². The topological polar surface area (TPSA) is 180 Å². The third-order valence-electron chi connectivity index (χ3n) is 7.20. The Bertz CT molecular complexity index is 1660. The summed E-state index contributed by atoms with van der Waals surface area (Å²) in [6, 6.07) is 14.9. The number of ether oxygens (including phenoxy) is 2. The van der Waals surface area contributed by atoms with Crippen LogP contribution in [-0.2, 0) is 12.0 Å². The van der Waals surface area contributed by atoms with E-state index in [-0.39, 0.29) is 68.9 Å². The quantitative estimate of drug-likeness (QED) is 0.186. The molecule has 2 heterocycles. The van der Waals surface area contributed by atoms with Crippen molar-refractivity contribution in [2.45, 2.75) is 24.2 Å². The fraction of sp³-hybridized carbons (Fsp3) is 0.133. The van der Waals surface area contributed by atoms with Gasteiger partial charge in [0.15, 0.2) is 0 Å². The number of phenolic OH excluding ortho intramolecular Hbond substituents is 6. The molecule has 0 bridgehead atoms. The highest BCUT2D eigenvalue weighted by Gasteiger charge is 2.51. The first kappa shape index (κ1) is 25.1. The van der Waals surface area contributed by atoms with Gasteiger partial charge in [-0.1, -0.05) is 24.3 Å². The minimum absolute atomic E-state index is 0.00699. The molecule has 2 aliphatic rings. The molecule has 0 saturated heterocycles. The monoisotopic (exact) mass is 544 g/mol.